The summed E-state index contributed by atoms with van der Waals surface area (Å²) in [6, 6.07) is 14.8. The molecule has 2 aromatic rings. The van der Waals surface area contributed by atoms with Gasteiger partial charge in [-0.1, -0.05) is 45.9 Å². The van der Waals surface area contributed by atoms with Crippen LogP contribution in [0, 0.1) is 0 Å². The normalized spacial score (nSPS) is 10.2. The standard InChI is InChI=1S/C18H18O4S2/c1-21-17(19)15-7-3-5-13(9-15)11-23-24-12-14-6-4-8-16(10-14)18(20)22-2/h3-10H,11-12H2,1-2H3. The van der Waals surface area contributed by atoms with Gasteiger partial charge in [-0.25, -0.2) is 9.59 Å². The second-order valence-electron chi connectivity index (χ2n) is 4.91. The fourth-order valence-corrected chi connectivity index (χ4v) is 4.15. The van der Waals surface area contributed by atoms with Crippen molar-refractivity contribution < 1.29 is 19.1 Å². The van der Waals surface area contributed by atoms with Crippen LogP contribution in [-0.2, 0) is 21.0 Å². The van der Waals surface area contributed by atoms with E-state index in [0.29, 0.717) is 11.1 Å². The Labute approximate surface area is 149 Å². The summed E-state index contributed by atoms with van der Waals surface area (Å²) in [5, 5.41) is 0. The molecule has 4 nitrogen and oxygen atoms in total. The van der Waals surface area contributed by atoms with Crippen LogP contribution in [-0.4, -0.2) is 26.2 Å². The van der Waals surface area contributed by atoms with Crippen molar-refractivity contribution in [2.24, 2.45) is 0 Å². The number of rotatable bonds is 7. The van der Waals surface area contributed by atoms with Crippen molar-refractivity contribution in [1.29, 1.82) is 0 Å². The lowest BCUT2D eigenvalue weighted by molar-refractivity contribution is 0.0592. The minimum Gasteiger partial charge on any atom is -0.465 e. The lowest BCUT2D eigenvalue weighted by Gasteiger charge is -2.05. The zero-order valence-corrected chi connectivity index (χ0v) is 15.1. The van der Waals surface area contributed by atoms with Crippen molar-refractivity contribution in [2.75, 3.05) is 14.2 Å². The summed E-state index contributed by atoms with van der Waals surface area (Å²) < 4.78 is 9.45. The minimum absolute atomic E-state index is 0.325. The van der Waals surface area contributed by atoms with Gasteiger partial charge in [0.2, 0.25) is 0 Å². The maximum Gasteiger partial charge on any atom is 0.337 e. The van der Waals surface area contributed by atoms with Gasteiger partial charge in [-0.05, 0) is 35.4 Å². The Balaban J connectivity index is 1.85. The number of esters is 2. The van der Waals surface area contributed by atoms with E-state index in [2.05, 4.69) is 0 Å². The number of hydrogen-bond acceptors (Lipinski definition) is 6. The fourth-order valence-electron chi connectivity index (χ4n) is 2.03. The highest BCUT2D eigenvalue weighted by Crippen LogP contribution is 2.30. The SMILES string of the molecule is COC(=O)c1cccc(CSSCc2cccc(C(=O)OC)c2)c1. The van der Waals surface area contributed by atoms with Crippen molar-refractivity contribution in [2.45, 2.75) is 11.5 Å². The topological polar surface area (TPSA) is 52.6 Å². The third kappa shape index (κ3) is 5.32. The molecule has 6 heteroatoms. The molecule has 0 N–H and O–H groups in total. The van der Waals surface area contributed by atoms with Gasteiger partial charge in [0.15, 0.2) is 0 Å². The summed E-state index contributed by atoms with van der Waals surface area (Å²) >= 11 is 0. The maximum absolute atomic E-state index is 11.5. The van der Waals surface area contributed by atoms with E-state index in [-0.39, 0.29) is 11.9 Å². The average molecular weight is 362 g/mol. The van der Waals surface area contributed by atoms with E-state index in [1.807, 2.05) is 36.4 Å². The highest BCUT2D eigenvalue weighted by atomic mass is 33.1. The Kier molecular flexibility index (Phi) is 7.21. The first kappa shape index (κ1) is 18.4. The van der Waals surface area contributed by atoms with Crippen LogP contribution < -0.4 is 0 Å². The summed E-state index contributed by atoms with van der Waals surface area (Å²) in [6.45, 7) is 0. The van der Waals surface area contributed by atoms with Gasteiger partial charge in [0.1, 0.15) is 0 Å². The monoisotopic (exact) mass is 362 g/mol. The molecule has 0 aliphatic rings. The van der Waals surface area contributed by atoms with Crippen molar-refractivity contribution in [3.8, 4) is 0 Å². The average Bonchev–Trinajstić information content (AvgIpc) is 2.64. The van der Waals surface area contributed by atoms with Gasteiger partial charge < -0.3 is 9.47 Å². The molecule has 2 aromatic carbocycles. The molecule has 0 saturated carbocycles. The third-order valence-electron chi connectivity index (χ3n) is 3.23. The molecular weight excluding hydrogens is 344 g/mol. The first-order chi connectivity index (χ1) is 11.6. The second kappa shape index (κ2) is 9.39. The molecule has 0 saturated heterocycles. The van der Waals surface area contributed by atoms with E-state index in [0.717, 1.165) is 22.6 Å². The molecule has 0 aliphatic carbocycles. The molecule has 0 aliphatic heterocycles. The van der Waals surface area contributed by atoms with Gasteiger partial charge in [-0.15, -0.1) is 0 Å². The Morgan fingerprint density at radius 1 is 0.792 bits per heavy atom. The molecule has 0 heterocycles. The molecule has 126 valence electrons. The van der Waals surface area contributed by atoms with Gasteiger partial charge in [0.05, 0.1) is 25.3 Å². The van der Waals surface area contributed by atoms with E-state index in [1.54, 1.807) is 33.7 Å². The predicted octanol–water partition coefficient (Wildman–Crippen LogP) is 4.34. The molecule has 0 fully saturated rings. The molecule has 0 atom stereocenters. The zero-order chi connectivity index (χ0) is 17.4. The van der Waals surface area contributed by atoms with E-state index in [1.165, 1.54) is 14.2 Å². The van der Waals surface area contributed by atoms with E-state index in [9.17, 15) is 9.59 Å². The second-order valence-corrected chi connectivity index (χ2v) is 7.37. The van der Waals surface area contributed by atoms with Crippen LogP contribution in [0.4, 0.5) is 0 Å². The Morgan fingerprint density at radius 2 is 1.21 bits per heavy atom. The lowest BCUT2D eigenvalue weighted by Crippen LogP contribution is -2.01. The first-order valence-electron chi connectivity index (χ1n) is 7.23. The zero-order valence-electron chi connectivity index (χ0n) is 13.5. The highest BCUT2D eigenvalue weighted by molar-refractivity contribution is 8.76. The first-order valence-corrected chi connectivity index (χ1v) is 9.71. The molecule has 0 amide bonds. The summed E-state index contributed by atoms with van der Waals surface area (Å²) in [4.78, 5) is 23.0. The van der Waals surface area contributed by atoms with Crippen molar-refractivity contribution >= 4 is 33.5 Å². The molecule has 0 aromatic heterocycles. The van der Waals surface area contributed by atoms with Gasteiger partial charge in [0, 0.05) is 11.5 Å². The number of hydrogen-bond donors (Lipinski definition) is 0. The van der Waals surface area contributed by atoms with Crippen LogP contribution in [0.15, 0.2) is 48.5 Å². The summed E-state index contributed by atoms with van der Waals surface area (Å²) in [5.41, 5.74) is 3.26. The lowest BCUT2D eigenvalue weighted by atomic mass is 10.1. The minimum atomic E-state index is -0.325. The third-order valence-corrected chi connectivity index (χ3v) is 5.51. The quantitative estimate of drug-likeness (QED) is 0.415. The van der Waals surface area contributed by atoms with Crippen LogP contribution in [0.2, 0.25) is 0 Å². The molecule has 24 heavy (non-hydrogen) atoms. The summed E-state index contributed by atoms with van der Waals surface area (Å²) in [6.07, 6.45) is 0. The molecule has 0 radical (unpaired) electrons. The van der Waals surface area contributed by atoms with Crippen LogP contribution in [0.25, 0.3) is 0 Å². The maximum atomic E-state index is 11.5. The van der Waals surface area contributed by atoms with Crippen LogP contribution in [0.1, 0.15) is 31.8 Å². The number of carbonyl (C=O) groups is 2. The van der Waals surface area contributed by atoms with Gasteiger partial charge in [0.25, 0.3) is 0 Å². The fraction of sp³-hybridized carbons (Fsp3) is 0.222. The highest BCUT2D eigenvalue weighted by Gasteiger charge is 2.07. The smallest absolute Gasteiger partial charge is 0.337 e. The number of benzene rings is 2. The number of ether oxygens (including phenoxy) is 2. The van der Waals surface area contributed by atoms with E-state index < -0.39 is 0 Å². The van der Waals surface area contributed by atoms with Gasteiger partial charge in [-0.3, -0.25) is 0 Å². The van der Waals surface area contributed by atoms with Crippen molar-refractivity contribution in [1.82, 2.24) is 0 Å². The Bertz CT molecular complexity index is 654. The van der Waals surface area contributed by atoms with Gasteiger partial charge in [-0.2, -0.15) is 0 Å². The molecule has 0 bridgehead atoms. The summed E-state index contributed by atoms with van der Waals surface area (Å²) in [7, 11) is 6.15. The number of carbonyl (C=O) groups excluding carboxylic acids is 2. The van der Waals surface area contributed by atoms with Crippen LogP contribution in [0.5, 0.6) is 0 Å². The molecular formula is C18H18O4S2. The Morgan fingerprint density at radius 3 is 1.58 bits per heavy atom. The molecule has 0 unspecified atom stereocenters. The largest absolute Gasteiger partial charge is 0.465 e. The molecule has 0 spiro atoms. The molecule has 2 rings (SSSR count). The Hall–Kier alpha value is -1.92. The summed E-state index contributed by atoms with van der Waals surface area (Å²) in [5.74, 6) is 0.918. The van der Waals surface area contributed by atoms with Crippen LogP contribution in [0.3, 0.4) is 0 Å². The van der Waals surface area contributed by atoms with Crippen molar-refractivity contribution in [3.05, 3.63) is 70.8 Å². The van der Waals surface area contributed by atoms with E-state index >= 15 is 0 Å². The van der Waals surface area contributed by atoms with Gasteiger partial charge >= 0.3 is 11.9 Å². The van der Waals surface area contributed by atoms with E-state index in [4.69, 9.17) is 9.47 Å². The van der Waals surface area contributed by atoms with Crippen molar-refractivity contribution in [3.63, 3.8) is 0 Å². The number of methoxy groups -OCH3 is 2. The van der Waals surface area contributed by atoms with Crippen LogP contribution >= 0.6 is 21.6 Å². The predicted molar refractivity (Wildman–Crippen MR) is 98.2 cm³/mol.